The minimum atomic E-state index is -0.0634. The van der Waals surface area contributed by atoms with E-state index >= 15 is 0 Å². The molecule has 0 aliphatic carbocycles. The van der Waals surface area contributed by atoms with E-state index in [1.165, 1.54) is 0 Å². The molecule has 0 aliphatic rings. The predicted octanol–water partition coefficient (Wildman–Crippen LogP) is 3.94. The second kappa shape index (κ2) is 6.15. The van der Waals surface area contributed by atoms with Crippen LogP contribution >= 0.6 is 0 Å². The molecule has 0 bridgehead atoms. The van der Waals surface area contributed by atoms with Gasteiger partial charge >= 0.3 is 0 Å². The number of aromatic nitrogens is 5. The lowest BCUT2D eigenvalue weighted by Gasteiger charge is -2.20. The summed E-state index contributed by atoms with van der Waals surface area (Å²) in [6, 6.07) is 8.18. The van der Waals surface area contributed by atoms with Crippen molar-refractivity contribution in [2.45, 2.75) is 39.5 Å². The largest absolute Gasteiger partial charge is 0.331 e. The zero-order chi connectivity index (χ0) is 17.3. The van der Waals surface area contributed by atoms with E-state index in [9.17, 15) is 0 Å². The Labute approximate surface area is 142 Å². The highest BCUT2D eigenvalue weighted by atomic mass is 15.1. The number of hydrogen-bond donors (Lipinski definition) is 0. The molecular weight excluding hydrogens is 298 g/mol. The third kappa shape index (κ3) is 2.94. The molecule has 3 rings (SSSR count). The number of aryl methyl sites for hydroxylation is 1. The van der Waals surface area contributed by atoms with E-state index in [0.717, 1.165) is 34.9 Å². The monoisotopic (exact) mass is 321 g/mol. The first kappa shape index (κ1) is 16.3. The van der Waals surface area contributed by atoms with Crippen molar-refractivity contribution in [3.05, 3.63) is 48.3 Å². The molecule has 0 N–H and O–H groups in total. The highest BCUT2D eigenvalue weighted by molar-refractivity contribution is 5.66. The van der Waals surface area contributed by atoms with Crippen LogP contribution in [0.5, 0.6) is 0 Å². The smallest absolute Gasteiger partial charge is 0.163 e. The van der Waals surface area contributed by atoms with Gasteiger partial charge in [0.2, 0.25) is 0 Å². The van der Waals surface area contributed by atoms with Crippen molar-refractivity contribution in [2.24, 2.45) is 7.05 Å². The lowest BCUT2D eigenvalue weighted by Crippen LogP contribution is -2.20. The molecule has 0 saturated heterocycles. The fourth-order valence-electron chi connectivity index (χ4n) is 2.48. The van der Waals surface area contributed by atoms with Gasteiger partial charge in [-0.3, -0.25) is 0 Å². The molecule has 0 aliphatic heterocycles. The molecule has 2 heterocycles. The fraction of sp³-hybridized carbons (Fsp3) is 0.368. The Morgan fingerprint density at radius 3 is 2.50 bits per heavy atom. The average Bonchev–Trinajstić information content (AvgIpc) is 2.94. The van der Waals surface area contributed by atoms with Crippen molar-refractivity contribution in [1.29, 1.82) is 0 Å². The number of rotatable bonds is 4. The first-order valence-corrected chi connectivity index (χ1v) is 8.21. The van der Waals surface area contributed by atoms with Crippen molar-refractivity contribution in [1.82, 2.24) is 24.5 Å². The second-order valence-corrected chi connectivity index (χ2v) is 6.73. The van der Waals surface area contributed by atoms with Crippen LogP contribution in [0.2, 0.25) is 0 Å². The molecule has 0 unspecified atom stereocenters. The van der Waals surface area contributed by atoms with Crippen LogP contribution in [0, 0.1) is 6.92 Å². The average molecular weight is 321 g/mol. The first-order valence-electron chi connectivity index (χ1n) is 8.21. The summed E-state index contributed by atoms with van der Waals surface area (Å²) < 4.78 is 2.08. The molecule has 0 saturated carbocycles. The third-order valence-corrected chi connectivity index (χ3v) is 4.66. The number of nitrogens with zero attached hydrogens (tertiary/aromatic N) is 5. The van der Waals surface area contributed by atoms with E-state index in [1.807, 2.05) is 32.3 Å². The summed E-state index contributed by atoms with van der Waals surface area (Å²) in [6.07, 6.45) is 4.46. The van der Waals surface area contributed by atoms with Crippen LogP contribution in [0.25, 0.3) is 22.8 Å². The van der Waals surface area contributed by atoms with E-state index in [-0.39, 0.29) is 5.41 Å². The molecule has 0 radical (unpaired) electrons. The van der Waals surface area contributed by atoms with Gasteiger partial charge in [-0.1, -0.05) is 39.0 Å². The van der Waals surface area contributed by atoms with Gasteiger partial charge in [-0.15, -0.1) is 0 Å². The van der Waals surface area contributed by atoms with Crippen LogP contribution in [0.1, 0.15) is 38.7 Å². The molecule has 5 heteroatoms. The summed E-state index contributed by atoms with van der Waals surface area (Å²) in [6.45, 7) is 8.50. The maximum absolute atomic E-state index is 4.70. The van der Waals surface area contributed by atoms with Gasteiger partial charge in [-0.25, -0.2) is 19.9 Å². The molecule has 0 spiro atoms. The zero-order valence-electron chi connectivity index (χ0n) is 14.9. The standard InChI is InChI=1S/C19H23N5/c1-6-19(3,4)18-22-12-21-16(23-18)14-8-7-9-15(10-14)17-20-11-13(2)24(17)5/h7-12H,6H2,1-5H3. The minimum Gasteiger partial charge on any atom is -0.331 e. The molecular formula is C19H23N5. The van der Waals surface area contributed by atoms with Crippen molar-refractivity contribution >= 4 is 0 Å². The molecule has 3 aromatic rings. The molecule has 24 heavy (non-hydrogen) atoms. The van der Waals surface area contributed by atoms with Gasteiger partial charge in [0.25, 0.3) is 0 Å². The third-order valence-electron chi connectivity index (χ3n) is 4.66. The lowest BCUT2D eigenvalue weighted by atomic mass is 9.89. The van der Waals surface area contributed by atoms with Gasteiger partial charge in [-0.05, 0) is 19.4 Å². The molecule has 124 valence electrons. The molecule has 2 aromatic heterocycles. The van der Waals surface area contributed by atoms with Crippen LogP contribution in [0.15, 0.2) is 36.8 Å². The Hall–Kier alpha value is -2.56. The molecule has 0 atom stereocenters. The Kier molecular flexibility index (Phi) is 4.18. The number of hydrogen-bond acceptors (Lipinski definition) is 4. The zero-order valence-corrected chi connectivity index (χ0v) is 14.9. The number of imidazole rings is 1. The maximum atomic E-state index is 4.70. The summed E-state index contributed by atoms with van der Waals surface area (Å²) in [7, 11) is 2.02. The summed E-state index contributed by atoms with van der Waals surface area (Å²) in [5.74, 6) is 2.47. The van der Waals surface area contributed by atoms with E-state index in [2.05, 4.69) is 52.4 Å². The van der Waals surface area contributed by atoms with Gasteiger partial charge in [0.1, 0.15) is 18.0 Å². The number of benzene rings is 1. The van der Waals surface area contributed by atoms with E-state index in [1.54, 1.807) is 6.33 Å². The second-order valence-electron chi connectivity index (χ2n) is 6.73. The SMILES string of the molecule is CCC(C)(C)c1ncnc(-c2cccc(-c3ncc(C)n3C)c2)n1. The van der Waals surface area contributed by atoms with Crippen molar-refractivity contribution in [3.8, 4) is 22.8 Å². The van der Waals surface area contributed by atoms with E-state index in [0.29, 0.717) is 5.82 Å². The quantitative estimate of drug-likeness (QED) is 0.730. The summed E-state index contributed by atoms with van der Waals surface area (Å²) in [5.41, 5.74) is 3.09. The lowest BCUT2D eigenvalue weighted by molar-refractivity contribution is 0.471. The van der Waals surface area contributed by atoms with Gasteiger partial charge in [0.05, 0.1) is 0 Å². The fourth-order valence-corrected chi connectivity index (χ4v) is 2.48. The van der Waals surface area contributed by atoms with Crippen LogP contribution in [0.3, 0.4) is 0 Å². The molecule has 1 aromatic carbocycles. The molecule has 5 nitrogen and oxygen atoms in total. The highest BCUT2D eigenvalue weighted by Crippen LogP contribution is 2.27. The Morgan fingerprint density at radius 1 is 1.08 bits per heavy atom. The predicted molar refractivity (Wildman–Crippen MR) is 95.5 cm³/mol. The van der Waals surface area contributed by atoms with Crippen molar-refractivity contribution in [3.63, 3.8) is 0 Å². The van der Waals surface area contributed by atoms with Gasteiger partial charge in [-0.2, -0.15) is 0 Å². The van der Waals surface area contributed by atoms with Crippen LogP contribution in [-0.4, -0.2) is 24.5 Å². The summed E-state index contributed by atoms with van der Waals surface area (Å²) in [4.78, 5) is 17.9. The van der Waals surface area contributed by atoms with E-state index < -0.39 is 0 Å². The molecule has 0 amide bonds. The van der Waals surface area contributed by atoms with Crippen LogP contribution in [0.4, 0.5) is 0 Å². The summed E-state index contributed by atoms with van der Waals surface area (Å²) >= 11 is 0. The molecule has 0 fully saturated rings. The van der Waals surface area contributed by atoms with Gasteiger partial charge in [0, 0.05) is 35.5 Å². The topological polar surface area (TPSA) is 56.5 Å². The Balaban J connectivity index is 2.04. The van der Waals surface area contributed by atoms with Crippen molar-refractivity contribution < 1.29 is 0 Å². The normalized spacial score (nSPS) is 11.7. The summed E-state index contributed by atoms with van der Waals surface area (Å²) in [5, 5.41) is 0. The Morgan fingerprint density at radius 2 is 1.83 bits per heavy atom. The van der Waals surface area contributed by atoms with Gasteiger partial charge in [0.15, 0.2) is 5.82 Å². The van der Waals surface area contributed by atoms with Crippen LogP contribution in [-0.2, 0) is 12.5 Å². The van der Waals surface area contributed by atoms with Crippen molar-refractivity contribution in [2.75, 3.05) is 0 Å². The maximum Gasteiger partial charge on any atom is 0.163 e. The first-order chi connectivity index (χ1) is 11.4. The van der Waals surface area contributed by atoms with Gasteiger partial charge < -0.3 is 4.57 Å². The van der Waals surface area contributed by atoms with E-state index in [4.69, 9.17) is 4.98 Å². The Bertz CT molecular complexity index is 864. The minimum absolute atomic E-state index is 0.0634. The highest BCUT2D eigenvalue weighted by Gasteiger charge is 2.22. The van der Waals surface area contributed by atoms with Crippen LogP contribution < -0.4 is 0 Å².